The van der Waals surface area contributed by atoms with Crippen molar-refractivity contribution in [2.24, 2.45) is 5.92 Å². The molecule has 1 N–H and O–H groups in total. The van der Waals surface area contributed by atoms with Crippen LogP contribution in [0.3, 0.4) is 0 Å². The molecule has 1 amide bonds. The lowest BCUT2D eigenvalue weighted by molar-refractivity contribution is -0.120. The van der Waals surface area contributed by atoms with Crippen LogP contribution in [0.25, 0.3) is 0 Å². The summed E-state index contributed by atoms with van der Waals surface area (Å²) in [5.41, 5.74) is 2.55. The van der Waals surface area contributed by atoms with Crippen LogP contribution < -0.4 is 10.2 Å². The average molecular weight is 496 g/mol. The first-order valence-corrected chi connectivity index (χ1v) is 13.3. The highest BCUT2D eigenvalue weighted by molar-refractivity contribution is 7.88. The van der Waals surface area contributed by atoms with Gasteiger partial charge in [-0.25, -0.2) is 12.7 Å². The maximum absolute atomic E-state index is 12.8. The van der Waals surface area contributed by atoms with Crippen molar-refractivity contribution in [2.45, 2.75) is 31.4 Å². The maximum atomic E-state index is 12.8. The second-order valence-corrected chi connectivity index (χ2v) is 11.2. The van der Waals surface area contributed by atoms with E-state index in [0.29, 0.717) is 41.5 Å². The number of piperidine rings is 1. The van der Waals surface area contributed by atoms with Crippen LogP contribution in [-0.2, 0) is 20.6 Å². The van der Waals surface area contributed by atoms with Crippen molar-refractivity contribution in [3.63, 3.8) is 0 Å². The van der Waals surface area contributed by atoms with E-state index in [9.17, 15) is 13.2 Å². The number of nitrogens with one attached hydrogen (secondary N) is 1. The van der Waals surface area contributed by atoms with Crippen LogP contribution >= 0.6 is 23.2 Å². The van der Waals surface area contributed by atoms with Gasteiger partial charge in [-0.3, -0.25) is 4.79 Å². The van der Waals surface area contributed by atoms with Gasteiger partial charge in [0.2, 0.25) is 15.9 Å². The quantitative estimate of drug-likeness (QED) is 0.626. The fourth-order valence-corrected chi connectivity index (χ4v) is 6.17. The standard InChI is InChI=1S/C23H27Cl2N3O3S/c24-21-8-3-17(15-22(21)25)16-32(30,31)28-13-9-18(10-14-28)23(29)26-19-4-6-20(7-5-19)27-11-1-2-12-27/h3-8,15,18H,1-2,9-14,16H2,(H,26,29). The number of halogens is 2. The SMILES string of the molecule is O=C(Nc1ccc(N2CCCC2)cc1)C1CCN(S(=O)(=O)Cc2ccc(Cl)c(Cl)c2)CC1. The van der Waals surface area contributed by atoms with Crippen molar-refractivity contribution in [2.75, 3.05) is 36.4 Å². The molecule has 2 heterocycles. The first kappa shape index (κ1) is 23.4. The second kappa shape index (κ2) is 10.00. The molecule has 2 fully saturated rings. The molecule has 0 aliphatic carbocycles. The number of rotatable bonds is 6. The van der Waals surface area contributed by atoms with Gasteiger partial charge in [0.1, 0.15) is 0 Å². The molecule has 0 radical (unpaired) electrons. The fourth-order valence-electron chi connectivity index (χ4n) is 4.30. The molecule has 0 spiro atoms. The Balaban J connectivity index is 1.29. The third-order valence-corrected chi connectivity index (χ3v) is 8.75. The smallest absolute Gasteiger partial charge is 0.227 e. The normalized spacial score (nSPS) is 18.1. The molecule has 4 rings (SSSR count). The number of carbonyl (C=O) groups excluding carboxylic acids is 1. The Morgan fingerprint density at radius 1 is 0.938 bits per heavy atom. The minimum Gasteiger partial charge on any atom is -0.372 e. The number of anilines is 2. The Labute approximate surface area is 199 Å². The maximum Gasteiger partial charge on any atom is 0.227 e. The molecule has 172 valence electrons. The van der Waals surface area contributed by atoms with Crippen molar-refractivity contribution in [1.29, 1.82) is 0 Å². The number of nitrogens with zero attached hydrogens (tertiary/aromatic N) is 2. The molecule has 2 aromatic carbocycles. The summed E-state index contributed by atoms with van der Waals surface area (Å²) in [6.07, 6.45) is 3.44. The van der Waals surface area contributed by atoms with E-state index in [2.05, 4.69) is 10.2 Å². The molecule has 2 saturated heterocycles. The highest BCUT2D eigenvalue weighted by Gasteiger charge is 2.31. The van der Waals surface area contributed by atoms with Crippen LogP contribution in [0, 0.1) is 5.92 Å². The number of benzene rings is 2. The molecule has 0 atom stereocenters. The van der Waals surface area contributed by atoms with Crippen LogP contribution in [0.15, 0.2) is 42.5 Å². The Morgan fingerprint density at radius 3 is 2.22 bits per heavy atom. The predicted octanol–water partition coefficient (Wildman–Crippen LogP) is 4.77. The van der Waals surface area contributed by atoms with Gasteiger partial charge in [0.05, 0.1) is 15.8 Å². The van der Waals surface area contributed by atoms with Gasteiger partial charge in [-0.15, -0.1) is 0 Å². The van der Waals surface area contributed by atoms with Gasteiger partial charge in [0.25, 0.3) is 0 Å². The van der Waals surface area contributed by atoms with E-state index in [1.807, 2.05) is 24.3 Å². The van der Waals surface area contributed by atoms with Gasteiger partial charge in [-0.1, -0.05) is 29.3 Å². The van der Waals surface area contributed by atoms with Gasteiger partial charge >= 0.3 is 0 Å². The number of hydrogen-bond acceptors (Lipinski definition) is 4. The molecule has 32 heavy (non-hydrogen) atoms. The van der Waals surface area contributed by atoms with Gasteiger partial charge < -0.3 is 10.2 Å². The zero-order chi connectivity index (χ0) is 22.7. The largest absolute Gasteiger partial charge is 0.372 e. The lowest BCUT2D eigenvalue weighted by atomic mass is 9.97. The average Bonchev–Trinajstić information content (AvgIpc) is 3.32. The van der Waals surface area contributed by atoms with E-state index in [1.165, 1.54) is 22.8 Å². The zero-order valence-electron chi connectivity index (χ0n) is 17.8. The van der Waals surface area contributed by atoms with Crippen LogP contribution in [0.2, 0.25) is 10.0 Å². The topological polar surface area (TPSA) is 69.7 Å². The number of sulfonamides is 1. The van der Waals surface area contributed by atoms with Gasteiger partial charge in [0.15, 0.2) is 0 Å². The highest BCUT2D eigenvalue weighted by atomic mass is 35.5. The van der Waals surface area contributed by atoms with Crippen molar-refractivity contribution < 1.29 is 13.2 Å². The molecule has 6 nitrogen and oxygen atoms in total. The van der Waals surface area contributed by atoms with E-state index >= 15 is 0 Å². The lowest BCUT2D eigenvalue weighted by Gasteiger charge is -2.30. The first-order valence-electron chi connectivity index (χ1n) is 10.9. The van der Waals surface area contributed by atoms with Crippen molar-refractivity contribution in [1.82, 2.24) is 4.31 Å². The second-order valence-electron chi connectivity index (χ2n) is 8.41. The highest BCUT2D eigenvalue weighted by Crippen LogP contribution is 2.27. The monoisotopic (exact) mass is 495 g/mol. The van der Waals surface area contributed by atoms with Gasteiger partial charge in [0, 0.05) is 43.5 Å². The molecule has 9 heteroatoms. The Hall–Kier alpha value is -1.80. The summed E-state index contributed by atoms with van der Waals surface area (Å²) in [7, 11) is -3.49. The summed E-state index contributed by atoms with van der Waals surface area (Å²) in [6.45, 7) is 2.82. The summed E-state index contributed by atoms with van der Waals surface area (Å²) < 4.78 is 27.1. The molecular formula is C23H27Cl2N3O3S. The van der Waals surface area contributed by atoms with Crippen LogP contribution in [0.4, 0.5) is 11.4 Å². The summed E-state index contributed by atoms with van der Waals surface area (Å²) in [4.78, 5) is 15.1. The molecule has 2 aliphatic rings. The third kappa shape index (κ3) is 5.57. The molecule has 2 aromatic rings. The Kier molecular flexibility index (Phi) is 7.30. The minimum absolute atomic E-state index is 0.0551. The third-order valence-electron chi connectivity index (χ3n) is 6.16. The molecule has 0 saturated carbocycles. The molecule has 0 unspecified atom stereocenters. The molecule has 0 aromatic heterocycles. The summed E-state index contributed by atoms with van der Waals surface area (Å²) in [5, 5.41) is 3.71. The van der Waals surface area contributed by atoms with Crippen molar-refractivity contribution >= 4 is 50.5 Å². The van der Waals surface area contributed by atoms with Gasteiger partial charge in [-0.05, 0) is 67.6 Å². The van der Waals surface area contributed by atoms with E-state index in [4.69, 9.17) is 23.2 Å². The fraction of sp³-hybridized carbons (Fsp3) is 0.435. The first-order chi connectivity index (χ1) is 15.3. The Morgan fingerprint density at radius 2 is 1.59 bits per heavy atom. The molecular weight excluding hydrogens is 469 g/mol. The summed E-state index contributed by atoms with van der Waals surface area (Å²) >= 11 is 11.9. The van der Waals surface area contributed by atoms with Crippen molar-refractivity contribution in [3.05, 3.63) is 58.1 Å². The summed E-state index contributed by atoms with van der Waals surface area (Å²) in [6, 6.07) is 12.8. The predicted molar refractivity (Wildman–Crippen MR) is 130 cm³/mol. The van der Waals surface area contributed by atoms with Crippen LogP contribution in [0.5, 0.6) is 0 Å². The number of hydrogen-bond donors (Lipinski definition) is 1. The lowest BCUT2D eigenvalue weighted by Crippen LogP contribution is -2.41. The van der Waals surface area contributed by atoms with Crippen molar-refractivity contribution in [3.8, 4) is 0 Å². The number of amides is 1. The van der Waals surface area contributed by atoms with E-state index in [1.54, 1.807) is 18.2 Å². The van der Waals surface area contributed by atoms with E-state index in [0.717, 1.165) is 18.8 Å². The zero-order valence-corrected chi connectivity index (χ0v) is 20.1. The van der Waals surface area contributed by atoms with Crippen LogP contribution in [-0.4, -0.2) is 44.8 Å². The van der Waals surface area contributed by atoms with E-state index < -0.39 is 10.0 Å². The Bertz CT molecular complexity index is 1060. The van der Waals surface area contributed by atoms with E-state index in [-0.39, 0.29) is 17.6 Å². The molecule has 2 aliphatic heterocycles. The summed E-state index contributed by atoms with van der Waals surface area (Å²) in [5.74, 6) is -0.394. The van der Waals surface area contributed by atoms with Gasteiger partial charge in [-0.2, -0.15) is 0 Å². The number of carbonyl (C=O) groups is 1. The van der Waals surface area contributed by atoms with Crippen LogP contribution in [0.1, 0.15) is 31.2 Å². The minimum atomic E-state index is -3.49. The molecule has 0 bridgehead atoms.